The van der Waals surface area contributed by atoms with Crippen molar-refractivity contribution in [3.05, 3.63) is 12.4 Å². The average molecular weight is 306 g/mol. The van der Waals surface area contributed by atoms with E-state index in [-0.39, 0.29) is 5.60 Å². The molecule has 0 unspecified atom stereocenters. The molecule has 6 heteroatoms. The number of hydrogen-bond acceptors (Lipinski definition) is 6. The van der Waals surface area contributed by atoms with Gasteiger partial charge in [0.05, 0.1) is 5.60 Å². The van der Waals surface area contributed by atoms with Gasteiger partial charge in [0.15, 0.2) is 0 Å². The molecule has 22 heavy (non-hydrogen) atoms. The van der Waals surface area contributed by atoms with Crippen LogP contribution in [0.3, 0.4) is 0 Å². The van der Waals surface area contributed by atoms with Crippen LogP contribution >= 0.6 is 0 Å². The van der Waals surface area contributed by atoms with Crippen molar-refractivity contribution < 1.29 is 9.47 Å². The van der Waals surface area contributed by atoms with Gasteiger partial charge in [0.2, 0.25) is 0 Å². The van der Waals surface area contributed by atoms with E-state index in [1.807, 2.05) is 6.07 Å². The van der Waals surface area contributed by atoms with Gasteiger partial charge in [-0.05, 0) is 19.3 Å². The molecule has 1 N–H and O–H groups in total. The summed E-state index contributed by atoms with van der Waals surface area (Å²) in [4.78, 5) is 11.1. The molecule has 0 saturated carbocycles. The molecule has 1 aromatic heterocycles. The second kappa shape index (κ2) is 7.24. The largest absolute Gasteiger partial charge is 0.381 e. The summed E-state index contributed by atoms with van der Waals surface area (Å²) >= 11 is 0. The van der Waals surface area contributed by atoms with E-state index in [9.17, 15) is 0 Å². The number of nitrogens with one attached hydrogen (secondary N) is 1. The summed E-state index contributed by atoms with van der Waals surface area (Å²) in [6.07, 6.45) is 7.31. The Hall–Kier alpha value is -1.40. The third-order valence-electron chi connectivity index (χ3n) is 4.76. The van der Waals surface area contributed by atoms with Gasteiger partial charge in [-0.1, -0.05) is 0 Å². The molecule has 3 rings (SSSR count). The molecule has 6 nitrogen and oxygen atoms in total. The highest BCUT2D eigenvalue weighted by atomic mass is 16.5. The number of aromatic nitrogens is 2. The van der Waals surface area contributed by atoms with Gasteiger partial charge < -0.3 is 19.7 Å². The van der Waals surface area contributed by atoms with E-state index in [1.54, 1.807) is 13.4 Å². The zero-order chi connectivity index (χ0) is 15.3. The van der Waals surface area contributed by atoms with Gasteiger partial charge in [-0.2, -0.15) is 0 Å². The average Bonchev–Trinajstić information content (AvgIpc) is 2.62. The minimum atomic E-state index is -0.144. The van der Waals surface area contributed by atoms with Crippen molar-refractivity contribution >= 4 is 11.6 Å². The zero-order valence-corrected chi connectivity index (χ0v) is 13.4. The molecule has 122 valence electrons. The van der Waals surface area contributed by atoms with E-state index in [0.29, 0.717) is 0 Å². The predicted octanol–water partition coefficient (Wildman–Crippen LogP) is 2.07. The maximum atomic E-state index is 5.75. The fourth-order valence-corrected chi connectivity index (χ4v) is 3.19. The van der Waals surface area contributed by atoms with Crippen LogP contribution in [0.25, 0.3) is 0 Å². The lowest BCUT2D eigenvalue weighted by Crippen LogP contribution is -2.44. The molecule has 0 bridgehead atoms. The minimum Gasteiger partial charge on any atom is -0.381 e. The first kappa shape index (κ1) is 15.5. The second-order valence-corrected chi connectivity index (χ2v) is 6.16. The molecule has 0 spiro atoms. The number of nitrogens with zero attached hydrogens (tertiary/aromatic N) is 3. The van der Waals surface area contributed by atoms with Gasteiger partial charge in [0.1, 0.15) is 18.0 Å². The first-order valence-corrected chi connectivity index (χ1v) is 8.25. The molecule has 0 aliphatic carbocycles. The summed E-state index contributed by atoms with van der Waals surface area (Å²) in [6.45, 7) is 4.46. The number of piperidine rings is 1. The molecule has 2 fully saturated rings. The molecule has 0 atom stereocenters. The van der Waals surface area contributed by atoms with E-state index in [4.69, 9.17) is 9.47 Å². The Morgan fingerprint density at radius 1 is 1.23 bits per heavy atom. The highest BCUT2D eigenvalue weighted by Crippen LogP contribution is 2.25. The van der Waals surface area contributed by atoms with Crippen molar-refractivity contribution in [2.75, 3.05) is 50.2 Å². The topological polar surface area (TPSA) is 59.5 Å². The van der Waals surface area contributed by atoms with Crippen LogP contribution in [0.5, 0.6) is 0 Å². The smallest absolute Gasteiger partial charge is 0.134 e. The van der Waals surface area contributed by atoms with E-state index < -0.39 is 0 Å². The van der Waals surface area contributed by atoms with Crippen molar-refractivity contribution in [3.63, 3.8) is 0 Å². The zero-order valence-electron chi connectivity index (χ0n) is 13.4. The van der Waals surface area contributed by atoms with Gasteiger partial charge in [-0.15, -0.1) is 0 Å². The molecule has 0 amide bonds. The Morgan fingerprint density at radius 3 is 2.73 bits per heavy atom. The first-order chi connectivity index (χ1) is 10.8. The maximum Gasteiger partial charge on any atom is 0.134 e. The molecule has 2 aliphatic rings. The number of ether oxygens (including phenoxy) is 2. The summed E-state index contributed by atoms with van der Waals surface area (Å²) in [7, 11) is 1.78. The van der Waals surface area contributed by atoms with Crippen LogP contribution in [-0.4, -0.2) is 55.5 Å². The third kappa shape index (κ3) is 3.67. The summed E-state index contributed by atoms with van der Waals surface area (Å²) in [5, 5.41) is 3.43. The van der Waals surface area contributed by atoms with Gasteiger partial charge in [-0.25, -0.2) is 9.97 Å². The third-order valence-corrected chi connectivity index (χ3v) is 4.76. The molecular weight excluding hydrogens is 280 g/mol. The number of anilines is 2. The van der Waals surface area contributed by atoms with Crippen LogP contribution in [0, 0.1) is 0 Å². The first-order valence-electron chi connectivity index (χ1n) is 8.25. The lowest BCUT2D eigenvalue weighted by molar-refractivity contribution is -0.0807. The Bertz CT molecular complexity index is 471. The fraction of sp³-hybridized carbons (Fsp3) is 0.750. The number of hydrogen-bond donors (Lipinski definition) is 1. The van der Waals surface area contributed by atoms with Crippen LogP contribution in [0.1, 0.15) is 32.1 Å². The predicted molar refractivity (Wildman–Crippen MR) is 86.4 cm³/mol. The molecule has 3 heterocycles. The maximum absolute atomic E-state index is 5.75. The van der Waals surface area contributed by atoms with E-state index >= 15 is 0 Å². The van der Waals surface area contributed by atoms with Gasteiger partial charge in [0.25, 0.3) is 0 Å². The standard InChI is InChI=1S/C16H26N4O2/c1-21-16(5-9-22-10-6-16)12-17-14-11-15(19-13-18-14)20-7-3-2-4-8-20/h11,13H,2-10,12H2,1H3,(H,17,18,19). The molecule has 0 radical (unpaired) electrons. The van der Waals surface area contributed by atoms with Crippen molar-refractivity contribution in [2.45, 2.75) is 37.7 Å². The number of rotatable bonds is 5. The second-order valence-electron chi connectivity index (χ2n) is 6.16. The van der Waals surface area contributed by atoms with E-state index in [1.165, 1.54) is 19.3 Å². The molecule has 1 aromatic rings. The van der Waals surface area contributed by atoms with Gasteiger partial charge in [-0.3, -0.25) is 0 Å². The SMILES string of the molecule is COC1(CNc2cc(N3CCCCC3)ncn2)CCOCC1. The number of methoxy groups -OCH3 is 1. The lowest BCUT2D eigenvalue weighted by atomic mass is 9.94. The Morgan fingerprint density at radius 2 is 2.00 bits per heavy atom. The quantitative estimate of drug-likeness (QED) is 0.899. The highest BCUT2D eigenvalue weighted by molar-refractivity contribution is 5.48. The summed E-state index contributed by atoms with van der Waals surface area (Å²) < 4.78 is 11.2. The molecule has 0 aromatic carbocycles. The molecule has 2 aliphatic heterocycles. The Balaban J connectivity index is 1.62. The van der Waals surface area contributed by atoms with Crippen LogP contribution in [-0.2, 0) is 9.47 Å². The Labute approximate surface area is 132 Å². The van der Waals surface area contributed by atoms with Gasteiger partial charge >= 0.3 is 0 Å². The van der Waals surface area contributed by atoms with Crippen molar-refractivity contribution in [1.29, 1.82) is 0 Å². The van der Waals surface area contributed by atoms with Gasteiger partial charge in [0, 0.05) is 58.9 Å². The monoisotopic (exact) mass is 306 g/mol. The van der Waals surface area contributed by atoms with E-state index in [2.05, 4.69) is 20.2 Å². The Kier molecular flexibility index (Phi) is 5.10. The van der Waals surface area contributed by atoms with Crippen molar-refractivity contribution in [3.8, 4) is 0 Å². The molecular formula is C16H26N4O2. The van der Waals surface area contributed by atoms with Crippen molar-refractivity contribution in [2.24, 2.45) is 0 Å². The lowest BCUT2D eigenvalue weighted by Gasteiger charge is -2.36. The van der Waals surface area contributed by atoms with Crippen LogP contribution in [0.4, 0.5) is 11.6 Å². The van der Waals surface area contributed by atoms with Crippen LogP contribution in [0.2, 0.25) is 0 Å². The fourth-order valence-electron chi connectivity index (χ4n) is 3.19. The normalized spacial score (nSPS) is 21.6. The van der Waals surface area contributed by atoms with Crippen LogP contribution in [0.15, 0.2) is 12.4 Å². The summed E-state index contributed by atoms with van der Waals surface area (Å²) in [5.41, 5.74) is -0.144. The van der Waals surface area contributed by atoms with E-state index in [0.717, 1.165) is 57.3 Å². The molecule has 2 saturated heterocycles. The van der Waals surface area contributed by atoms with Crippen molar-refractivity contribution in [1.82, 2.24) is 9.97 Å². The minimum absolute atomic E-state index is 0.144. The highest BCUT2D eigenvalue weighted by Gasteiger charge is 2.32. The summed E-state index contributed by atoms with van der Waals surface area (Å²) in [6, 6.07) is 2.05. The summed E-state index contributed by atoms with van der Waals surface area (Å²) in [5.74, 6) is 1.90. The van der Waals surface area contributed by atoms with Crippen LogP contribution < -0.4 is 10.2 Å².